The van der Waals surface area contributed by atoms with Crippen molar-refractivity contribution in [1.82, 2.24) is 0 Å². The topological polar surface area (TPSA) is 76.1 Å². The number of amides is 1. The Labute approximate surface area is 208 Å². The number of aryl methyl sites for hydroxylation is 1. The largest absolute Gasteiger partial charge is 0.507 e. The molecule has 35 heavy (non-hydrogen) atoms. The summed E-state index contributed by atoms with van der Waals surface area (Å²) >= 11 is 6.10. The molecule has 1 amide bonds. The summed E-state index contributed by atoms with van der Waals surface area (Å²) in [6, 6.07) is 18.4. The summed E-state index contributed by atoms with van der Waals surface area (Å²) in [5.74, 6) is -0.239. The molecule has 1 fully saturated rings. The third kappa shape index (κ3) is 4.26. The van der Waals surface area contributed by atoms with Crippen LogP contribution in [0.5, 0.6) is 11.5 Å². The number of Topliss-reactive ketones (excluding diaryl/α,β-unsaturated/α-hetero) is 1. The van der Waals surface area contributed by atoms with Crippen LogP contribution in [-0.4, -0.2) is 30.0 Å². The van der Waals surface area contributed by atoms with E-state index in [2.05, 4.69) is 0 Å². The van der Waals surface area contributed by atoms with Crippen molar-refractivity contribution in [2.24, 2.45) is 0 Å². The summed E-state index contributed by atoms with van der Waals surface area (Å²) in [6.45, 7) is 3.06. The molecule has 1 N–H and O–H groups in total. The van der Waals surface area contributed by atoms with Crippen LogP contribution in [0.15, 0.2) is 72.3 Å². The highest BCUT2D eigenvalue weighted by atomic mass is 35.5. The second-order valence-corrected chi connectivity index (χ2v) is 8.86. The molecule has 3 aromatic rings. The minimum absolute atomic E-state index is 0.0304. The summed E-state index contributed by atoms with van der Waals surface area (Å²) in [7, 11) is 0. The Kier molecular flexibility index (Phi) is 6.22. The summed E-state index contributed by atoms with van der Waals surface area (Å²) in [4.78, 5) is 28.0. The van der Waals surface area contributed by atoms with Crippen molar-refractivity contribution in [3.05, 3.63) is 94.0 Å². The molecule has 6 nitrogen and oxygen atoms in total. The number of hydrogen-bond acceptors (Lipinski definition) is 5. The molecule has 0 radical (unpaired) electrons. The molecule has 0 saturated carbocycles. The van der Waals surface area contributed by atoms with E-state index in [-0.39, 0.29) is 11.3 Å². The maximum atomic E-state index is 13.3. The van der Waals surface area contributed by atoms with Gasteiger partial charge in [0.05, 0.1) is 24.8 Å². The van der Waals surface area contributed by atoms with Crippen LogP contribution < -0.4 is 14.4 Å². The van der Waals surface area contributed by atoms with E-state index >= 15 is 0 Å². The number of rotatable bonds is 5. The van der Waals surface area contributed by atoms with Crippen molar-refractivity contribution in [2.45, 2.75) is 25.8 Å². The number of hydrogen-bond donors (Lipinski definition) is 1. The number of benzene rings is 3. The van der Waals surface area contributed by atoms with Gasteiger partial charge in [0.2, 0.25) is 0 Å². The molecule has 3 aromatic carbocycles. The van der Waals surface area contributed by atoms with Crippen LogP contribution in [0.4, 0.5) is 5.69 Å². The number of aliphatic hydroxyl groups is 1. The van der Waals surface area contributed by atoms with E-state index < -0.39 is 17.7 Å². The van der Waals surface area contributed by atoms with Gasteiger partial charge < -0.3 is 14.6 Å². The Morgan fingerprint density at radius 2 is 1.83 bits per heavy atom. The maximum Gasteiger partial charge on any atom is 0.300 e. The first-order valence-corrected chi connectivity index (χ1v) is 11.9. The fourth-order valence-corrected chi connectivity index (χ4v) is 4.72. The molecule has 2 aliphatic heterocycles. The van der Waals surface area contributed by atoms with Crippen LogP contribution in [0.2, 0.25) is 5.02 Å². The molecular weight excluding hydrogens is 466 g/mol. The van der Waals surface area contributed by atoms with E-state index in [4.69, 9.17) is 21.1 Å². The third-order valence-electron chi connectivity index (χ3n) is 6.24. The molecule has 0 spiro atoms. The highest BCUT2D eigenvalue weighted by Gasteiger charge is 2.47. The van der Waals surface area contributed by atoms with Gasteiger partial charge in [-0.3, -0.25) is 14.5 Å². The van der Waals surface area contributed by atoms with Gasteiger partial charge in [-0.05, 0) is 85.5 Å². The Hall–Kier alpha value is -3.77. The lowest BCUT2D eigenvalue weighted by Crippen LogP contribution is -2.29. The number of aliphatic hydroxyl groups excluding tert-OH is 1. The van der Waals surface area contributed by atoms with Crippen molar-refractivity contribution < 1.29 is 24.2 Å². The number of ether oxygens (including phenoxy) is 2. The maximum absolute atomic E-state index is 13.3. The molecule has 0 aromatic heterocycles. The van der Waals surface area contributed by atoms with Crippen molar-refractivity contribution >= 4 is 34.7 Å². The zero-order valence-electron chi connectivity index (χ0n) is 19.2. The Morgan fingerprint density at radius 1 is 1.09 bits per heavy atom. The van der Waals surface area contributed by atoms with Gasteiger partial charge in [0, 0.05) is 16.3 Å². The van der Waals surface area contributed by atoms with Crippen molar-refractivity contribution in [1.29, 1.82) is 0 Å². The first-order valence-electron chi connectivity index (χ1n) is 11.5. The Balaban J connectivity index is 1.65. The van der Waals surface area contributed by atoms with E-state index in [1.54, 1.807) is 60.7 Å². The van der Waals surface area contributed by atoms with Gasteiger partial charge in [0.1, 0.15) is 17.3 Å². The second kappa shape index (κ2) is 9.47. The molecule has 0 bridgehead atoms. The molecular formula is C28H24ClNO5. The minimum atomic E-state index is -0.822. The molecule has 0 aliphatic carbocycles. The normalized spacial score (nSPS) is 18.8. The first-order chi connectivity index (χ1) is 17.0. The number of halogens is 1. The van der Waals surface area contributed by atoms with Gasteiger partial charge in [0.25, 0.3) is 11.7 Å². The van der Waals surface area contributed by atoms with Gasteiger partial charge in [-0.25, -0.2) is 0 Å². The number of carbonyl (C=O) groups is 2. The fourth-order valence-electron chi connectivity index (χ4n) is 4.59. The zero-order valence-corrected chi connectivity index (χ0v) is 19.9. The lowest BCUT2D eigenvalue weighted by atomic mass is 9.94. The van der Waals surface area contributed by atoms with Crippen molar-refractivity contribution in [3.8, 4) is 11.5 Å². The summed E-state index contributed by atoms with van der Waals surface area (Å²) in [5, 5.41) is 11.9. The molecule has 1 atom stereocenters. The summed E-state index contributed by atoms with van der Waals surface area (Å²) in [6.07, 6.45) is 1.70. The van der Waals surface area contributed by atoms with Gasteiger partial charge >= 0.3 is 0 Å². The average molecular weight is 490 g/mol. The van der Waals surface area contributed by atoms with Gasteiger partial charge in [-0.1, -0.05) is 23.7 Å². The molecule has 7 heteroatoms. The third-order valence-corrected chi connectivity index (χ3v) is 6.49. The monoisotopic (exact) mass is 489 g/mol. The predicted molar refractivity (Wildman–Crippen MR) is 134 cm³/mol. The van der Waals surface area contributed by atoms with Gasteiger partial charge in [-0.15, -0.1) is 0 Å². The van der Waals surface area contributed by atoms with Crippen LogP contribution >= 0.6 is 11.6 Å². The van der Waals surface area contributed by atoms with Crippen LogP contribution in [-0.2, 0) is 16.0 Å². The smallest absolute Gasteiger partial charge is 0.300 e. The molecule has 5 rings (SSSR count). The number of ketones is 1. The number of nitrogens with zero attached hydrogens (tertiary/aromatic N) is 1. The van der Waals surface area contributed by atoms with Crippen molar-refractivity contribution in [3.63, 3.8) is 0 Å². The highest BCUT2D eigenvalue weighted by molar-refractivity contribution is 6.51. The predicted octanol–water partition coefficient (Wildman–Crippen LogP) is 5.69. The van der Waals surface area contributed by atoms with Crippen LogP contribution in [0.1, 0.15) is 36.1 Å². The summed E-state index contributed by atoms with van der Waals surface area (Å²) < 4.78 is 11.2. The quantitative estimate of drug-likeness (QED) is 0.283. The highest BCUT2D eigenvalue weighted by Crippen LogP contribution is 2.43. The minimum Gasteiger partial charge on any atom is -0.507 e. The first kappa shape index (κ1) is 23.0. The zero-order chi connectivity index (χ0) is 24.5. The van der Waals surface area contributed by atoms with E-state index in [1.807, 2.05) is 13.0 Å². The van der Waals surface area contributed by atoms with Gasteiger partial charge in [-0.2, -0.15) is 0 Å². The van der Waals surface area contributed by atoms with E-state index in [0.717, 1.165) is 24.2 Å². The van der Waals surface area contributed by atoms with E-state index in [0.29, 0.717) is 40.8 Å². The van der Waals surface area contributed by atoms with Crippen molar-refractivity contribution in [2.75, 3.05) is 18.1 Å². The molecule has 1 saturated heterocycles. The fraction of sp³-hybridized carbons (Fsp3) is 0.214. The number of carbonyl (C=O) groups excluding carboxylic acids is 2. The van der Waals surface area contributed by atoms with E-state index in [1.165, 1.54) is 4.90 Å². The van der Waals surface area contributed by atoms with Crippen LogP contribution in [0.3, 0.4) is 0 Å². The van der Waals surface area contributed by atoms with E-state index in [9.17, 15) is 14.7 Å². The molecule has 2 aliphatic rings. The Morgan fingerprint density at radius 3 is 2.54 bits per heavy atom. The molecule has 1 unspecified atom stereocenters. The Bertz CT molecular complexity index is 1310. The second-order valence-electron chi connectivity index (χ2n) is 8.42. The standard InChI is InChI=1S/C28H24ClNO5/c1-2-34-22-12-10-21(11-13-22)30-25(17-5-8-20(29)9-6-17)24(27(32)28(30)33)26(31)19-7-14-23-18(16-19)4-3-15-35-23/h5-14,16,25,31H,2-4,15H2,1H3/b26-24-. The van der Waals surface area contributed by atoms with Crippen LogP contribution in [0.25, 0.3) is 5.76 Å². The molecule has 2 heterocycles. The van der Waals surface area contributed by atoms with Crippen LogP contribution in [0, 0.1) is 0 Å². The number of fused-ring (bicyclic) bond motifs is 1. The lowest BCUT2D eigenvalue weighted by molar-refractivity contribution is -0.132. The van der Waals surface area contributed by atoms with Gasteiger partial charge in [0.15, 0.2) is 0 Å². The SMILES string of the molecule is CCOc1ccc(N2C(=O)C(=O)/C(=C(\O)c3ccc4c(c3)CCCO4)C2c2ccc(Cl)cc2)cc1. The average Bonchev–Trinajstić information content (AvgIpc) is 3.14. The summed E-state index contributed by atoms with van der Waals surface area (Å²) in [5.41, 5.74) is 2.64. The molecule has 178 valence electrons. The lowest BCUT2D eigenvalue weighted by Gasteiger charge is -2.26. The number of anilines is 1.